The van der Waals surface area contributed by atoms with Crippen LogP contribution in [-0.4, -0.2) is 34.2 Å². The van der Waals surface area contributed by atoms with E-state index >= 15 is 0 Å². The van der Waals surface area contributed by atoms with Crippen LogP contribution in [0.4, 0.5) is 4.79 Å². The fourth-order valence-electron chi connectivity index (χ4n) is 2.11. The number of hydrogen-bond donors (Lipinski definition) is 0. The number of halogens is 1. The number of para-hydroxylation sites is 1. The van der Waals surface area contributed by atoms with Gasteiger partial charge in [-0.15, -0.1) is 0 Å². The van der Waals surface area contributed by atoms with Gasteiger partial charge < -0.3 is 4.74 Å². The van der Waals surface area contributed by atoms with Crippen molar-refractivity contribution in [2.75, 3.05) is 13.2 Å². The minimum atomic E-state index is -0.323. The third-order valence-corrected chi connectivity index (χ3v) is 4.48. The van der Waals surface area contributed by atoms with Crippen molar-refractivity contribution >= 4 is 40.6 Å². The smallest absolute Gasteiger partial charge is 0.293 e. The van der Waals surface area contributed by atoms with Crippen LogP contribution in [0, 0.1) is 0 Å². The normalized spacial score (nSPS) is 16.0. The van der Waals surface area contributed by atoms with Crippen molar-refractivity contribution in [3.63, 3.8) is 0 Å². The molecule has 24 heavy (non-hydrogen) atoms. The SMILES string of the molecule is O=C1S/C(=C\c2cccnc2)C(=O)N1CCOc1ccccc1Cl. The summed E-state index contributed by atoms with van der Waals surface area (Å²) in [5.41, 5.74) is 0.773. The first-order valence-corrected chi connectivity index (χ1v) is 8.37. The van der Waals surface area contributed by atoms with E-state index in [1.165, 1.54) is 4.90 Å². The van der Waals surface area contributed by atoms with Crippen LogP contribution in [0.25, 0.3) is 6.08 Å². The van der Waals surface area contributed by atoms with Crippen molar-refractivity contribution < 1.29 is 14.3 Å². The molecule has 2 heterocycles. The number of imide groups is 1. The molecular formula is C17H13ClN2O3S. The van der Waals surface area contributed by atoms with Crippen LogP contribution < -0.4 is 4.74 Å². The van der Waals surface area contributed by atoms with Crippen molar-refractivity contribution in [1.82, 2.24) is 9.88 Å². The fraction of sp³-hybridized carbons (Fsp3) is 0.118. The highest BCUT2D eigenvalue weighted by Gasteiger charge is 2.34. The predicted molar refractivity (Wildman–Crippen MR) is 93.9 cm³/mol. The van der Waals surface area contributed by atoms with Crippen molar-refractivity contribution in [3.8, 4) is 5.75 Å². The Morgan fingerprint density at radius 1 is 1.21 bits per heavy atom. The second-order valence-electron chi connectivity index (χ2n) is 4.90. The van der Waals surface area contributed by atoms with Gasteiger partial charge in [0, 0.05) is 12.4 Å². The van der Waals surface area contributed by atoms with Crippen LogP contribution in [0.1, 0.15) is 5.56 Å². The predicted octanol–water partition coefficient (Wildman–Crippen LogP) is 3.85. The van der Waals surface area contributed by atoms with Gasteiger partial charge in [-0.3, -0.25) is 19.5 Å². The maximum atomic E-state index is 12.3. The maximum Gasteiger partial charge on any atom is 0.293 e. The summed E-state index contributed by atoms with van der Waals surface area (Å²) in [4.78, 5) is 29.9. The summed E-state index contributed by atoms with van der Waals surface area (Å²) in [5.74, 6) is 0.202. The van der Waals surface area contributed by atoms with E-state index in [1.54, 1.807) is 48.8 Å². The minimum absolute atomic E-state index is 0.167. The number of pyridine rings is 1. The molecule has 1 aliphatic rings. The number of benzene rings is 1. The zero-order valence-corrected chi connectivity index (χ0v) is 14.1. The van der Waals surface area contributed by atoms with Crippen LogP contribution in [-0.2, 0) is 4.79 Å². The topological polar surface area (TPSA) is 59.5 Å². The molecule has 1 fully saturated rings. The summed E-state index contributed by atoms with van der Waals surface area (Å²) in [6.07, 6.45) is 4.94. The molecule has 2 aromatic rings. The van der Waals surface area contributed by atoms with E-state index in [9.17, 15) is 9.59 Å². The van der Waals surface area contributed by atoms with Gasteiger partial charge in [0.2, 0.25) is 0 Å². The van der Waals surface area contributed by atoms with E-state index in [0.717, 1.165) is 17.3 Å². The van der Waals surface area contributed by atoms with E-state index in [0.29, 0.717) is 15.7 Å². The van der Waals surface area contributed by atoms with Crippen molar-refractivity contribution in [2.45, 2.75) is 0 Å². The minimum Gasteiger partial charge on any atom is -0.490 e. The van der Waals surface area contributed by atoms with Gasteiger partial charge >= 0.3 is 0 Å². The molecule has 0 bridgehead atoms. The molecular weight excluding hydrogens is 348 g/mol. The van der Waals surface area contributed by atoms with Crippen molar-refractivity contribution in [1.29, 1.82) is 0 Å². The quantitative estimate of drug-likeness (QED) is 0.758. The number of aromatic nitrogens is 1. The monoisotopic (exact) mass is 360 g/mol. The number of ether oxygens (including phenoxy) is 1. The lowest BCUT2D eigenvalue weighted by Gasteiger charge is -2.13. The second-order valence-corrected chi connectivity index (χ2v) is 6.30. The van der Waals surface area contributed by atoms with Gasteiger partial charge in [0.05, 0.1) is 16.5 Å². The van der Waals surface area contributed by atoms with E-state index < -0.39 is 0 Å². The van der Waals surface area contributed by atoms with Gasteiger partial charge in [-0.05, 0) is 41.6 Å². The van der Waals surface area contributed by atoms with Crippen LogP contribution in [0.5, 0.6) is 5.75 Å². The Kier molecular flexibility index (Phi) is 5.17. The maximum absolute atomic E-state index is 12.3. The number of carbonyl (C=O) groups excluding carboxylic acids is 2. The number of rotatable bonds is 5. The van der Waals surface area contributed by atoms with Gasteiger partial charge in [0.25, 0.3) is 11.1 Å². The molecule has 3 rings (SSSR count). The van der Waals surface area contributed by atoms with Gasteiger partial charge in [-0.25, -0.2) is 0 Å². The van der Waals surface area contributed by atoms with Crippen molar-refractivity contribution in [3.05, 3.63) is 64.3 Å². The average molecular weight is 361 g/mol. The lowest BCUT2D eigenvalue weighted by molar-refractivity contribution is -0.123. The van der Waals surface area contributed by atoms with Crippen LogP contribution in [0.2, 0.25) is 5.02 Å². The molecule has 1 aromatic carbocycles. The average Bonchev–Trinajstić information content (AvgIpc) is 2.85. The number of nitrogens with zero attached hydrogens (tertiary/aromatic N) is 2. The molecule has 7 heteroatoms. The highest BCUT2D eigenvalue weighted by Crippen LogP contribution is 2.32. The van der Waals surface area contributed by atoms with Gasteiger partial charge in [-0.2, -0.15) is 0 Å². The highest BCUT2D eigenvalue weighted by molar-refractivity contribution is 8.18. The molecule has 2 amide bonds. The third kappa shape index (κ3) is 3.77. The van der Waals surface area contributed by atoms with E-state index in [1.807, 2.05) is 6.07 Å². The van der Waals surface area contributed by atoms with Crippen LogP contribution in [0.3, 0.4) is 0 Å². The molecule has 0 aliphatic carbocycles. The third-order valence-electron chi connectivity index (χ3n) is 3.26. The molecule has 0 saturated carbocycles. The molecule has 1 aliphatic heterocycles. The second kappa shape index (κ2) is 7.51. The Bertz CT molecular complexity index is 795. The molecule has 122 valence electrons. The summed E-state index contributed by atoms with van der Waals surface area (Å²) in [7, 11) is 0. The Morgan fingerprint density at radius 2 is 2.04 bits per heavy atom. The lowest BCUT2D eigenvalue weighted by atomic mass is 10.2. The molecule has 0 atom stereocenters. The Labute approximate surface area is 148 Å². The summed E-state index contributed by atoms with van der Waals surface area (Å²) < 4.78 is 5.53. The molecule has 0 N–H and O–H groups in total. The highest BCUT2D eigenvalue weighted by atomic mass is 35.5. The number of amides is 2. The summed E-state index contributed by atoms with van der Waals surface area (Å²) >= 11 is 6.91. The Morgan fingerprint density at radius 3 is 2.79 bits per heavy atom. The fourth-order valence-corrected chi connectivity index (χ4v) is 3.17. The molecule has 1 aromatic heterocycles. The van der Waals surface area contributed by atoms with Gasteiger partial charge in [-0.1, -0.05) is 29.8 Å². The Balaban J connectivity index is 1.63. The standard InChI is InChI=1S/C17H13ClN2O3S/c18-13-5-1-2-6-14(13)23-9-8-20-16(21)15(24-17(20)22)10-12-4-3-7-19-11-12/h1-7,10-11H,8-9H2/b15-10-. The first-order chi connectivity index (χ1) is 11.6. The largest absolute Gasteiger partial charge is 0.490 e. The van der Waals surface area contributed by atoms with Crippen molar-refractivity contribution in [2.24, 2.45) is 0 Å². The molecule has 5 nitrogen and oxygen atoms in total. The van der Waals surface area contributed by atoms with E-state index in [4.69, 9.17) is 16.3 Å². The molecule has 1 saturated heterocycles. The number of carbonyl (C=O) groups is 2. The molecule has 0 radical (unpaired) electrons. The summed E-state index contributed by atoms with van der Waals surface area (Å²) in [6, 6.07) is 10.6. The zero-order valence-electron chi connectivity index (χ0n) is 12.5. The first kappa shape index (κ1) is 16.5. The Hall–Kier alpha value is -2.31. The van der Waals surface area contributed by atoms with Gasteiger partial charge in [0.1, 0.15) is 12.4 Å². The zero-order chi connectivity index (χ0) is 16.9. The first-order valence-electron chi connectivity index (χ1n) is 7.18. The summed E-state index contributed by atoms with van der Waals surface area (Å²) in [6.45, 7) is 0.349. The van der Waals surface area contributed by atoms with Gasteiger partial charge in [0.15, 0.2) is 0 Å². The number of hydrogen-bond acceptors (Lipinski definition) is 5. The van der Waals surface area contributed by atoms with Crippen LogP contribution in [0.15, 0.2) is 53.7 Å². The summed E-state index contributed by atoms with van der Waals surface area (Å²) in [5, 5.41) is 0.181. The molecule has 0 unspecified atom stereocenters. The number of thioether (sulfide) groups is 1. The molecule has 0 spiro atoms. The lowest BCUT2D eigenvalue weighted by Crippen LogP contribution is -2.32. The van der Waals surface area contributed by atoms with E-state index in [-0.39, 0.29) is 24.3 Å². The van der Waals surface area contributed by atoms with Crippen LogP contribution >= 0.6 is 23.4 Å². The van der Waals surface area contributed by atoms with E-state index in [2.05, 4.69) is 4.98 Å².